The molecule has 0 bridgehead atoms. The van der Waals surface area contributed by atoms with Crippen molar-refractivity contribution in [3.8, 4) is 0 Å². The fraction of sp³-hybridized carbons (Fsp3) is 0.478. The van der Waals surface area contributed by atoms with E-state index < -0.39 is 14.2 Å². The van der Waals surface area contributed by atoms with Gasteiger partial charge >= 0.3 is 6.09 Å². The van der Waals surface area contributed by atoms with Crippen LogP contribution in [0.3, 0.4) is 0 Å². The highest BCUT2D eigenvalue weighted by molar-refractivity contribution is 9.10. The number of amides is 1. The van der Waals surface area contributed by atoms with Crippen molar-refractivity contribution >= 4 is 52.8 Å². The third-order valence-electron chi connectivity index (χ3n) is 5.55. The Balaban J connectivity index is 1.66. The van der Waals surface area contributed by atoms with Crippen LogP contribution in [0.2, 0.25) is 25.7 Å². The first-order valence-electron chi connectivity index (χ1n) is 11.5. The van der Waals surface area contributed by atoms with Crippen molar-refractivity contribution in [3.63, 3.8) is 0 Å². The van der Waals surface area contributed by atoms with Crippen LogP contribution in [0, 0.1) is 0 Å². The standard InChI is InChI=1S/C23H34BrN7O3Si/c1-29(9-10-30(2)23(32)33)19-8-6-7-17(28-19)13-25-21-20-18(24)14-31(22(20)27-15-26-21)16-34-11-12-35(3,4)5/h6-8,14-15H,9-13,16H2,1-5H3,(H,32,33)(H,25,26,27). The molecule has 0 aliphatic heterocycles. The normalized spacial score (nSPS) is 11.6. The predicted octanol–water partition coefficient (Wildman–Crippen LogP) is 4.56. The molecule has 0 radical (unpaired) electrons. The van der Waals surface area contributed by atoms with E-state index >= 15 is 0 Å². The molecule has 3 rings (SSSR count). The number of nitrogens with one attached hydrogen (secondary N) is 1. The molecule has 0 aliphatic carbocycles. The van der Waals surface area contributed by atoms with Crippen LogP contribution in [0.15, 0.2) is 35.2 Å². The molecule has 190 valence electrons. The summed E-state index contributed by atoms with van der Waals surface area (Å²) >= 11 is 3.65. The zero-order chi connectivity index (χ0) is 25.6. The second kappa shape index (κ2) is 11.8. The van der Waals surface area contributed by atoms with Crippen LogP contribution >= 0.6 is 15.9 Å². The highest BCUT2D eigenvalue weighted by Crippen LogP contribution is 2.30. The Morgan fingerprint density at radius 2 is 2.00 bits per heavy atom. The number of halogens is 1. The smallest absolute Gasteiger partial charge is 0.407 e. The van der Waals surface area contributed by atoms with Crippen molar-refractivity contribution in [2.45, 2.75) is 39.0 Å². The van der Waals surface area contributed by atoms with Gasteiger partial charge in [0.15, 0.2) is 0 Å². The lowest BCUT2D eigenvalue weighted by molar-refractivity contribution is 0.0898. The quantitative estimate of drug-likeness (QED) is 0.244. The van der Waals surface area contributed by atoms with Crippen molar-refractivity contribution < 1.29 is 14.6 Å². The number of rotatable bonds is 12. The van der Waals surface area contributed by atoms with Gasteiger partial charge in [0.2, 0.25) is 0 Å². The summed E-state index contributed by atoms with van der Waals surface area (Å²) in [5, 5.41) is 13.3. The summed E-state index contributed by atoms with van der Waals surface area (Å²) in [6.45, 7) is 9.61. The minimum absolute atomic E-state index is 0.391. The number of likely N-dealkylation sites (N-methyl/N-ethyl adjacent to an activating group) is 2. The molecule has 0 aliphatic rings. The lowest BCUT2D eigenvalue weighted by atomic mass is 10.3. The molecule has 0 saturated heterocycles. The first-order valence-corrected chi connectivity index (χ1v) is 16.0. The van der Waals surface area contributed by atoms with Crippen LogP contribution in [0.1, 0.15) is 5.69 Å². The second-order valence-electron chi connectivity index (χ2n) is 9.68. The van der Waals surface area contributed by atoms with Crippen molar-refractivity contribution in [2.24, 2.45) is 0 Å². The number of ether oxygens (including phenoxy) is 1. The Bertz CT molecular complexity index is 1150. The van der Waals surface area contributed by atoms with E-state index in [1.807, 2.05) is 40.9 Å². The largest absolute Gasteiger partial charge is 0.465 e. The van der Waals surface area contributed by atoms with Crippen molar-refractivity contribution in [2.75, 3.05) is 44.0 Å². The number of pyridine rings is 1. The molecular formula is C23H34BrN7O3Si. The van der Waals surface area contributed by atoms with Gasteiger partial charge in [-0.25, -0.2) is 19.7 Å². The Morgan fingerprint density at radius 3 is 2.71 bits per heavy atom. The van der Waals surface area contributed by atoms with E-state index in [0.29, 0.717) is 32.2 Å². The molecule has 12 heteroatoms. The Kier molecular flexibility index (Phi) is 9.08. The summed E-state index contributed by atoms with van der Waals surface area (Å²) in [6, 6.07) is 6.91. The first kappa shape index (κ1) is 26.9. The zero-order valence-corrected chi connectivity index (χ0v) is 23.5. The fourth-order valence-corrected chi connectivity index (χ4v) is 4.68. The van der Waals surface area contributed by atoms with Gasteiger partial charge in [-0.3, -0.25) is 0 Å². The molecule has 0 unspecified atom stereocenters. The molecular weight excluding hydrogens is 530 g/mol. The molecule has 3 aromatic rings. The second-order valence-corrected chi connectivity index (χ2v) is 16.2. The van der Waals surface area contributed by atoms with Crippen LogP contribution in [-0.2, 0) is 18.0 Å². The number of fused-ring (bicyclic) bond motifs is 1. The topological polar surface area (TPSA) is 109 Å². The SMILES string of the molecule is CN(CCN(C)c1cccc(CNc2ncnc3c2c(Br)cn3COCC[Si](C)(C)C)n1)C(=O)O. The summed E-state index contributed by atoms with van der Waals surface area (Å²) in [5.41, 5.74) is 1.64. The summed E-state index contributed by atoms with van der Waals surface area (Å²) in [4.78, 5) is 27.8. The molecule has 3 aromatic heterocycles. The maximum Gasteiger partial charge on any atom is 0.407 e. The number of hydrogen-bond donors (Lipinski definition) is 2. The van der Waals surface area contributed by atoms with Gasteiger partial charge < -0.3 is 29.5 Å². The number of anilines is 2. The lowest BCUT2D eigenvalue weighted by Gasteiger charge is -2.21. The average Bonchev–Trinajstić information content (AvgIpc) is 3.14. The molecule has 0 spiro atoms. The van der Waals surface area contributed by atoms with Crippen LogP contribution in [-0.4, -0.2) is 77.5 Å². The third-order valence-corrected chi connectivity index (χ3v) is 7.86. The summed E-state index contributed by atoms with van der Waals surface area (Å²) < 4.78 is 8.80. The Hall–Kier alpha value is -2.70. The van der Waals surface area contributed by atoms with E-state index in [-0.39, 0.29) is 0 Å². The highest BCUT2D eigenvalue weighted by Gasteiger charge is 2.16. The van der Waals surface area contributed by atoms with Gasteiger partial charge in [-0.1, -0.05) is 25.7 Å². The first-order chi connectivity index (χ1) is 16.5. The molecule has 0 atom stereocenters. The van der Waals surface area contributed by atoms with Gasteiger partial charge in [-0.05, 0) is 34.1 Å². The van der Waals surface area contributed by atoms with Crippen LogP contribution in [0.25, 0.3) is 11.0 Å². The van der Waals surface area contributed by atoms with E-state index in [1.165, 1.54) is 4.90 Å². The Labute approximate surface area is 215 Å². The molecule has 10 nitrogen and oxygen atoms in total. The maximum absolute atomic E-state index is 11.0. The van der Waals surface area contributed by atoms with Gasteiger partial charge in [0.25, 0.3) is 0 Å². The molecule has 0 fully saturated rings. The minimum atomic E-state index is -1.14. The van der Waals surface area contributed by atoms with E-state index in [4.69, 9.17) is 14.8 Å². The van der Waals surface area contributed by atoms with Crippen molar-refractivity contribution in [1.82, 2.24) is 24.4 Å². The summed E-state index contributed by atoms with van der Waals surface area (Å²) in [6.07, 6.45) is 2.58. The molecule has 35 heavy (non-hydrogen) atoms. The summed E-state index contributed by atoms with van der Waals surface area (Å²) in [7, 11) is 2.32. The van der Waals surface area contributed by atoms with E-state index in [0.717, 1.165) is 39.7 Å². The molecule has 1 amide bonds. The Morgan fingerprint density at radius 1 is 1.23 bits per heavy atom. The lowest BCUT2D eigenvalue weighted by Crippen LogP contribution is -2.34. The van der Waals surface area contributed by atoms with Crippen molar-refractivity contribution in [3.05, 3.63) is 40.9 Å². The number of carboxylic acid groups (broad SMARTS) is 1. The maximum atomic E-state index is 11.0. The molecule has 3 heterocycles. The zero-order valence-electron chi connectivity index (χ0n) is 21.0. The van der Waals surface area contributed by atoms with Crippen LogP contribution < -0.4 is 10.2 Å². The van der Waals surface area contributed by atoms with E-state index in [2.05, 4.69) is 50.9 Å². The van der Waals surface area contributed by atoms with E-state index in [9.17, 15) is 4.79 Å². The molecule has 2 N–H and O–H groups in total. The number of aromatic nitrogens is 4. The van der Waals surface area contributed by atoms with Crippen molar-refractivity contribution in [1.29, 1.82) is 0 Å². The molecule has 0 saturated carbocycles. The average molecular weight is 565 g/mol. The highest BCUT2D eigenvalue weighted by atomic mass is 79.9. The summed E-state index contributed by atoms with van der Waals surface area (Å²) in [5.74, 6) is 1.49. The van der Waals surface area contributed by atoms with Gasteiger partial charge in [-0.2, -0.15) is 0 Å². The van der Waals surface area contributed by atoms with Gasteiger partial charge in [0, 0.05) is 52.5 Å². The van der Waals surface area contributed by atoms with Crippen LogP contribution in [0.4, 0.5) is 16.4 Å². The molecule has 0 aromatic carbocycles. The monoisotopic (exact) mass is 563 g/mol. The van der Waals surface area contributed by atoms with E-state index in [1.54, 1.807) is 13.4 Å². The number of nitrogens with zero attached hydrogens (tertiary/aromatic N) is 6. The van der Waals surface area contributed by atoms with Gasteiger partial charge in [-0.15, -0.1) is 0 Å². The minimum Gasteiger partial charge on any atom is -0.465 e. The third kappa shape index (κ3) is 7.64. The predicted molar refractivity (Wildman–Crippen MR) is 145 cm³/mol. The van der Waals surface area contributed by atoms with Gasteiger partial charge in [0.1, 0.15) is 30.3 Å². The fourth-order valence-electron chi connectivity index (χ4n) is 3.31. The van der Waals surface area contributed by atoms with Gasteiger partial charge in [0.05, 0.1) is 17.6 Å². The van der Waals surface area contributed by atoms with Crippen LogP contribution in [0.5, 0.6) is 0 Å². The number of hydrogen-bond acceptors (Lipinski definition) is 7. The number of carbonyl (C=O) groups is 1.